The molecular formula is C19H24ClN5O2S. The molecule has 1 saturated heterocycles. The molecule has 2 aromatic rings. The van der Waals surface area contributed by atoms with E-state index in [1.54, 1.807) is 12.1 Å². The third-order valence-corrected chi connectivity index (χ3v) is 5.89. The van der Waals surface area contributed by atoms with Crippen molar-refractivity contribution >= 4 is 40.9 Å². The molecule has 0 aliphatic carbocycles. The fourth-order valence-corrected chi connectivity index (χ4v) is 4.12. The lowest BCUT2D eigenvalue weighted by molar-refractivity contribution is -0.131. The predicted octanol–water partition coefficient (Wildman–Crippen LogP) is 3.58. The summed E-state index contributed by atoms with van der Waals surface area (Å²) in [7, 11) is 0. The highest BCUT2D eigenvalue weighted by molar-refractivity contribution is 7.99. The van der Waals surface area contributed by atoms with E-state index in [0.717, 1.165) is 31.6 Å². The molecule has 7 nitrogen and oxygen atoms in total. The Balaban J connectivity index is 1.61. The van der Waals surface area contributed by atoms with Gasteiger partial charge in [-0.05, 0) is 31.9 Å². The summed E-state index contributed by atoms with van der Waals surface area (Å²) >= 11 is 7.40. The molecule has 2 heterocycles. The summed E-state index contributed by atoms with van der Waals surface area (Å²) in [5.74, 6) is 0.975. The summed E-state index contributed by atoms with van der Waals surface area (Å²) < 4.78 is 1.96. The standard InChI is InChI=1S/C19H24ClN5O2S/c1-2-25-16(12-24-11-7-3-4-10-18(24)27)22-23-19(25)28-13-17(26)21-15-9-6-5-8-14(15)20/h5-6,8-9H,2-4,7,10-13H2,1H3,(H,21,26). The van der Waals surface area contributed by atoms with Crippen LogP contribution in [0.15, 0.2) is 29.4 Å². The van der Waals surface area contributed by atoms with Crippen LogP contribution in [0.2, 0.25) is 5.02 Å². The first kappa shape index (κ1) is 20.7. The van der Waals surface area contributed by atoms with Crippen LogP contribution in [0.25, 0.3) is 0 Å². The molecule has 2 amide bonds. The number of benzene rings is 1. The first-order valence-electron chi connectivity index (χ1n) is 9.45. The van der Waals surface area contributed by atoms with Crippen molar-refractivity contribution in [3.05, 3.63) is 35.1 Å². The predicted molar refractivity (Wildman–Crippen MR) is 110 cm³/mol. The Kier molecular flexibility index (Phi) is 7.33. The minimum absolute atomic E-state index is 0.159. The Bertz CT molecular complexity index is 841. The zero-order valence-corrected chi connectivity index (χ0v) is 17.4. The molecule has 150 valence electrons. The van der Waals surface area contributed by atoms with Crippen LogP contribution in [0.4, 0.5) is 5.69 Å². The summed E-state index contributed by atoms with van der Waals surface area (Å²) in [4.78, 5) is 26.3. The second-order valence-corrected chi connectivity index (χ2v) is 7.94. The highest BCUT2D eigenvalue weighted by Crippen LogP contribution is 2.23. The number of halogens is 1. The number of aromatic nitrogens is 3. The van der Waals surface area contributed by atoms with Gasteiger partial charge in [0, 0.05) is 19.5 Å². The van der Waals surface area contributed by atoms with E-state index in [-0.39, 0.29) is 17.6 Å². The van der Waals surface area contributed by atoms with Gasteiger partial charge in [0.25, 0.3) is 0 Å². The number of carbonyl (C=O) groups is 2. The van der Waals surface area contributed by atoms with Gasteiger partial charge in [0.15, 0.2) is 11.0 Å². The minimum atomic E-state index is -0.159. The molecule has 0 bridgehead atoms. The van der Waals surface area contributed by atoms with E-state index >= 15 is 0 Å². The monoisotopic (exact) mass is 421 g/mol. The van der Waals surface area contributed by atoms with Gasteiger partial charge < -0.3 is 14.8 Å². The van der Waals surface area contributed by atoms with E-state index in [0.29, 0.717) is 35.4 Å². The first-order chi connectivity index (χ1) is 13.6. The van der Waals surface area contributed by atoms with Crippen molar-refractivity contribution < 1.29 is 9.59 Å². The topological polar surface area (TPSA) is 80.1 Å². The number of anilines is 1. The second kappa shape index (κ2) is 9.93. The molecule has 1 fully saturated rings. The van der Waals surface area contributed by atoms with Crippen LogP contribution in [0.5, 0.6) is 0 Å². The summed E-state index contributed by atoms with van der Waals surface area (Å²) in [6.45, 7) is 3.91. The quantitative estimate of drug-likeness (QED) is 0.691. The number of carbonyl (C=O) groups excluding carboxylic acids is 2. The number of hydrogen-bond acceptors (Lipinski definition) is 5. The summed E-state index contributed by atoms with van der Waals surface area (Å²) in [6.07, 6.45) is 3.67. The molecule has 1 aliphatic rings. The average Bonchev–Trinajstić information content (AvgIpc) is 2.96. The van der Waals surface area contributed by atoms with Crippen LogP contribution < -0.4 is 5.32 Å². The molecule has 0 spiro atoms. The van der Waals surface area contributed by atoms with Crippen molar-refractivity contribution in [2.75, 3.05) is 17.6 Å². The van der Waals surface area contributed by atoms with Crippen molar-refractivity contribution in [3.63, 3.8) is 0 Å². The van der Waals surface area contributed by atoms with Gasteiger partial charge in [-0.2, -0.15) is 0 Å². The number of nitrogens with zero attached hydrogens (tertiary/aromatic N) is 4. The Morgan fingerprint density at radius 2 is 2.07 bits per heavy atom. The first-order valence-corrected chi connectivity index (χ1v) is 10.8. The van der Waals surface area contributed by atoms with Crippen molar-refractivity contribution in [1.29, 1.82) is 0 Å². The number of para-hydroxylation sites is 1. The second-order valence-electron chi connectivity index (χ2n) is 6.59. The molecule has 28 heavy (non-hydrogen) atoms. The molecule has 1 aromatic heterocycles. The fourth-order valence-electron chi connectivity index (χ4n) is 3.12. The van der Waals surface area contributed by atoms with E-state index in [2.05, 4.69) is 15.5 Å². The van der Waals surface area contributed by atoms with Crippen LogP contribution in [0.1, 0.15) is 38.4 Å². The zero-order chi connectivity index (χ0) is 19.9. The zero-order valence-electron chi connectivity index (χ0n) is 15.9. The van der Waals surface area contributed by atoms with Gasteiger partial charge in [0.2, 0.25) is 11.8 Å². The Hall–Kier alpha value is -2.06. The van der Waals surface area contributed by atoms with Crippen LogP contribution in [0, 0.1) is 0 Å². The van der Waals surface area contributed by atoms with Gasteiger partial charge in [-0.3, -0.25) is 9.59 Å². The molecule has 1 N–H and O–H groups in total. The fraction of sp³-hybridized carbons (Fsp3) is 0.474. The third kappa shape index (κ3) is 5.26. The number of thioether (sulfide) groups is 1. The molecule has 0 saturated carbocycles. The van der Waals surface area contributed by atoms with Crippen molar-refractivity contribution in [2.24, 2.45) is 0 Å². The van der Waals surface area contributed by atoms with Crippen molar-refractivity contribution in [2.45, 2.75) is 50.9 Å². The number of amides is 2. The average molecular weight is 422 g/mol. The van der Waals surface area contributed by atoms with E-state index in [4.69, 9.17) is 11.6 Å². The Labute approximate surface area is 173 Å². The number of rotatable bonds is 7. The normalized spacial score (nSPS) is 14.8. The minimum Gasteiger partial charge on any atom is -0.335 e. The molecule has 1 aliphatic heterocycles. The van der Waals surface area contributed by atoms with Crippen LogP contribution in [0.3, 0.4) is 0 Å². The number of hydrogen-bond donors (Lipinski definition) is 1. The molecule has 1 aromatic carbocycles. The molecule has 9 heteroatoms. The van der Waals surface area contributed by atoms with Gasteiger partial charge in [0.05, 0.1) is 23.0 Å². The number of nitrogens with one attached hydrogen (secondary N) is 1. The van der Waals surface area contributed by atoms with Crippen molar-refractivity contribution in [3.8, 4) is 0 Å². The van der Waals surface area contributed by atoms with Gasteiger partial charge in [-0.25, -0.2) is 0 Å². The lowest BCUT2D eigenvalue weighted by Crippen LogP contribution is -2.31. The van der Waals surface area contributed by atoms with Gasteiger partial charge in [-0.1, -0.05) is 41.9 Å². The van der Waals surface area contributed by atoms with E-state index in [1.807, 2.05) is 28.5 Å². The van der Waals surface area contributed by atoms with Crippen LogP contribution >= 0.6 is 23.4 Å². The summed E-state index contributed by atoms with van der Waals surface area (Å²) in [5, 5.41) is 12.5. The molecule has 0 radical (unpaired) electrons. The maximum atomic E-state index is 12.2. The lowest BCUT2D eigenvalue weighted by Gasteiger charge is -2.20. The Morgan fingerprint density at radius 3 is 2.86 bits per heavy atom. The lowest BCUT2D eigenvalue weighted by atomic mass is 10.2. The maximum absolute atomic E-state index is 12.2. The molecule has 3 rings (SSSR count). The van der Waals surface area contributed by atoms with E-state index in [1.165, 1.54) is 11.8 Å². The molecular weight excluding hydrogens is 398 g/mol. The highest BCUT2D eigenvalue weighted by atomic mass is 35.5. The van der Waals surface area contributed by atoms with Crippen molar-refractivity contribution in [1.82, 2.24) is 19.7 Å². The van der Waals surface area contributed by atoms with Crippen LogP contribution in [-0.2, 0) is 22.7 Å². The maximum Gasteiger partial charge on any atom is 0.234 e. The highest BCUT2D eigenvalue weighted by Gasteiger charge is 2.21. The van der Waals surface area contributed by atoms with Gasteiger partial charge in [-0.15, -0.1) is 10.2 Å². The summed E-state index contributed by atoms with van der Waals surface area (Å²) in [5.41, 5.74) is 0.590. The smallest absolute Gasteiger partial charge is 0.234 e. The van der Waals surface area contributed by atoms with E-state index < -0.39 is 0 Å². The van der Waals surface area contributed by atoms with Crippen LogP contribution in [-0.4, -0.2) is 43.8 Å². The van der Waals surface area contributed by atoms with Gasteiger partial charge >= 0.3 is 0 Å². The molecule has 0 unspecified atom stereocenters. The number of likely N-dealkylation sites (tertiary alicyclic amines) is 1. The molecule has 0 atom stereocenters. The Morgan fingerprint density at radius 1 is 1.25 bits per heavy atom. The van der Waals surface area contributed by atoms with Gasteiger partial charge in [0.1, 0.15) is 0 Å². The largest absolute Gasteiger partial charge is 0.335 e. The van der Waals surface area contributed by atoms with E-state index in [9.17, 15) is 9.59 Å². The third-order valence-electron chi connectivity index (χ3n) is 4.59. The SMILES string of the molecule is CCn1c(CN2CCCCCC2=O)nnc1SCC(=O)Nc1ccccc1Cl. The summed E-state index contributed by atoms with van der Waals surface area (Å²) in [6, 6.07) is 7.12.